The Morgan fingerprint density at radius 3 is 2.20 bits per heavy atom. The van der Waals surface area contributed by atoms with Gasteiger partial charge in [-0.05, 0) is 12.0 Å². The van der Waals surface area contributed by atoms with Crippen LogP contribution in [0.25, 0.3) is 0 Å². The van der Waals surface area contributed by atoms with Gasteiger partial charge in [0.05, 0.1) is 12.1 Å². The van der Waals surface area contributed by atoms with Gasteiger partial charge in [0.2, 0.25) is 0 Å². The number of aryl methyl sites for hydroxylation is 1. The Morgan fingerprint density at radius 2 is 1.80 bits per heavy atom. The molecule has 1 aromatic carbocycles. The van der Waals surface area contributed by atoms with Crippen molar-refractivity contribution in [3.05, 3.63) is 35.9 Å². The minimum atomic E-state index is -3.82. The molecule has 0 spiro atoms. The zero-order valence-corrected chi connectivity index (χ0v) is 8.94. The topological polar surface area (TPSA) is 104 Å². The summed E-state index contributed by atoms with van der Waals surface area (Å²) in [7, 11) is -3.82. The molecule has 15 heavy (non-hydrogen) atoms. The number of hydrogen-bond donors (Lipinski definition) is 3. The van der Waals surface area contributed by atoms with Crippen LogP contribution in [0.15, 0.2) is 30.3 Å². The molecule has 84 valence electrons. The van der Waals surface area contributed by atoms with Gasteiger partial charge >= 0.3 is 0 Å². The van der Waals surface area contributed by atoms with Crippen LogP contribution in [0, 0.1) is 5.41 Å². The molecule has 0 aliphatic carbocycles. The van der Waals surface area contributed by atoms with Gasteiger partial charge in [-0.25, -0.2) is 0 Å². The summed E-state index contributed by atoms with van der Waals surface area (Å²) in [5.74, 6) is -0.211. The number of benzene rings is 1. The zero-order valence-electron chi connectivity index (χ0n) is 8.13. The average Bonchev–Trinajstić information content (AvgIpc) is 2.17. The van der Waals surface area contributed by atoms with Crippen molar-refractivity contribution in [2.24, 2.45) is 5.73 Å². The molecule has 0 unspecified atom stereocenters. The first-order chi connectivity index (χ1) is 6.99. The molecule has 6 heteroatoms. The van der Waals surface area contributed by atoms with Gasteiger partial charge in [-0.3, -0.25) is 9.96 Å². The van der Waals surface area contributed by atoms with Crippen molar-refractivity contribution in [2.45, 2.75) is 6.42 Å². The second kappa shape index (κ2) is 6.97. The van der Waals surface area contributed by atoms with Crippen LogP contribution in [-0.2, 0) is 16.5 Å². The number of hydrogen-bond acceptors (Lipinski definition) is 3. The van der Waals surface area contributed by atoms with Crippen LogP contribution in [-0.4, -0.2) is 25.1 Å². The lowest BCUT2D eigenvalue weighted by Gasteiger charge is -1.97. The van der Waals surface area contributed by atoms with E-state index in [1.807, 2.05) is 30.3 Å². The SMILES string of the molecule is N=CN.O=S(=O)(O)CCc1ccccc1. The van der Waals surface area contributed by atoms with Gasteiger partial charge in [0.1, 0.15) is 0 Å². The minimum absolute atomic E-state index is 0.211. The van der Waals surface area contributed by atoms with E-state index in [4.69, 9.17) is 9.96 Å². The second-order valence-corrected chi connectivity index (χ2v) is 4.26. The Kier molecular flexibility index (Phi) is 6.32. The molecule has 0 amide bonds. The van der Waals surface area contributed by atoms with E-state index >= 15 is 0 Å². The van der Waals surface area contributed by atoms with Crippen LogP contribution in [0.3, 0.4) is 0 Å². The van der Waals surface area contributed by atoms with Crippen molar-refractivity contribution in [1.29, 1.82) is 5.41 Å². The second-order valence-electron chi connectivity index (χ2n) is 2.69. The highest BCUT2D eigenvalue weighted by molar-refractivity contribution is 7.85. The van der Waals surface area contributed by atoms with Gasteiger partial charge in [-0.15, -0.1) is 0 Å². The molecule has 0 bridgehead atoms. The monoisotopic (exact) mass is 230 g/mol. The summed E-state index contributed by atoms with van der Waals surface area (Å²) in [4.78, 5) is 0. The molecule has 1 aromatic rings. The fourth-order valence-electron chi connectivity index (χ4n) is 0.892. The Labute approximate surface area is 89.2 Å². The van der Waals surface area contributed by atoms with Crippen LogP contribution in [0.5, 0.6) is 0 Å². The lowest BCUT2D eigenvalue weighted by molar-refractivity contribution is 0.482. The molecule has 0 heterocycles. The molecule has 0 aliphatic rings. The summed E-state index contributed by atoms with van der Waals surface area (Å²) in [6.07, 6.45) is 1.11. The number of nitrogens with two attached hydrogens (primary N) is 1. The highest BCUT2D eigenvalue weighted by Gasteiger charge is 2.03. The van der Waals surface area contributed by atoms with Crippen molar-refractivity contribution in [3.63, 3.8) is 0 Å². The molecule has 0 radical (unpaired) electrons. The molecule has 0 saturated heterocycles. The first kappa shape index (κ1) is 13.6. The van der Waals surface area contributed by atoms with E-state index in [9.17, 15) is 8.42 Å². The van der Waals surface area contributed by atoms with Crippen molar-refractivity contribution in [3.8, 4) is 0 Å². The first-order valence-corrected chi connectivity index (χ1v) is 5.80. The predicted molar refractivity (Wildman–Crippen MR) is 59.5 cm³/mol. The van der Waals surface area contributed by atoms with Gasteiger partial charge in [-0.2, -0.15) is 8.42 Å². The average molecular weight is 230 g/mol. The van der Waals surface area contributed by atoms with Gasteiger partial charge in [0.25, 0.3) is 10.1 Å². The molecule has 4 N–H and O–H groups in total. The molecule has 0 aromatic heterocycles. The molecule has 1 rings (SSSR count). The largest absolute Gasteiger partial charge is 0.390 e. The zero-order chi connectivity index (χ0) is 11.7. The highest BCUT2D eigenvalue weighted by Crippen LogP contribution is 2.00. The fraction of sp³-hybridized carbons (Fsp3) is 0.222. The Balaban J connectivity index is 0.000000583. The van der Waals surface area contributed by atoms with Crippen molar-refractivity contribution >= 4 is 16.5 Å². The maximum absolute atomic E-state index is 10.4. The van der Waals surface area contributed by atoms with Gasteiger partial charge in [-0.1, -0.05) is 30.3 Å². The normalized spacial score (nSPS) is 9.93. The van der Waals surface area contributed by atoms with Crippen LogP contribution >= 0.6 is 0 Å². The quantitative estimate of drug-likeness (QED) is 0.403. The van der Waals surface area contributed by atoms with Crippen LogP contribution in [0.2, 0.25) is 0 Å². The van der Waals surface area contributed by atoms with E-state index < -0.39 is 10.1 Å². The van der Waals surface area contributed by atoms with Gasteiger partial charge < -0.3 is 5.73 Å². The van der Waals surface area contributed by atoms with Crippen LogP contribution in [0.1, 0.15) is 5.56 Å². The third-order valence-electron chi connectivity index (χ3n) is 1.49. The van der Waals surface area contributed by atoms with E-state index in [2.05, 4.69) is 5.73 Å². The highest BCUT2D eigenvalue weighted by atomic mass is 32.2. The van der Waals surface area contributed by atoms with E-state index in [0.717, 1.165) is 11.9 Å². The van der Waals surface area contributed by atoms with Gasteiger partial charge in [0.15, 0.2) is 0 Å². The summed E-state index contributed by atoms with van der Waals surface area (Å²) < 4.78 is 29.2. The van der Waals surface area contributed by atoms with Crippen molar-refractivity contribution in [1.82, 2.24) is 0 Å². The maximum Gasteiger partial charge on any atom is 0.265 e. The van der Waals surface area contributed by atoms with E-state index in [1.165, 1.54) is 0 Å². The molecule has 0 fully saturated rings. The molecular formula is C9H14N2O3S. The lowest BCUT2D eigenvalue weighted by atomic mass is 10.2. The summed E-state index contributed by atoms with van der Waals surface area (Å²) in [5.41, 5.74) is 5.30. The smallest absolute Gasteiger partial charge is 0.265 e. The summed E-state index contributed by atoms with van der Waals surface area (Å²) >= 11 is 0. The Morgan fingerprint density at radius 1 is 1.33 bits per heavy atom. The molecule has 5 nitrogen and oxygen atoms in total. The standard InChI is InChI=1S/C8H10O3S.CH4N2/c9-12(10,11)7-6-8-4-2-1-3-5-8;2-1-3/h1-5H,6-7H2,(H,9,10,11);1H,(H3,2,3). The Bertz CT molecular complexity index is 376. The minimum Gasteiger partial charge on any atom is -0.390 e. The third kappa shape index (κ3) is 8.92. The van der Waals surface area contributed by atoms with Crippen molar-refractivity contribution < 1.29 is 13.0 Å². The number of nitrogens with one attached hydrogen (secondary N) is 1. The summed E-state index contributed by atoms with van der Waals surface area (Å²) in [6, 6.07) is 9.17. The van der Waals surface area contributed by atoms with Crippen molar-refractivity contribution in [2.75, 3.05) is 5.75 Å². The molecular weight excluding hydrogens is 216 g/mol. The van der Waals surface area contributed by atoms with E-state index in [-0.39, 0.29) is 5.75 Å². The van der Waals surface area contributed by atoms with E-state index in [0.29, 0.717) is 6.42 Å². The summed E-state index contributed by atoms with van der Waals surface area (Å²) in [6.45, 7) is 0. The number of rotatable bonds is 3. The Hall–Kier alpha value is -1.40. The first-order valence-electron chi connectivity index (χ1n) is 4.19. The van der Waals surface area contributed by atoms with Crippen LogP contribution < -0.4 is 5.73 Å². The maximum atomic E-state index is 10.4. The fourth-order valence-corrected chi connectivity index (χ4v) is 1.39. The predicted octanol–water partition coefficient (Wildman–Crippen LogP) is 0.669. The van der Waals surface area contributed by atoms with E-state index in [1.54, 1.807) is 0 Å². The van der Waals surface area contributed by atoms with Crippen LogP contribution in [0.4, 0.5) is 0 Å². The molecule has 0 aliphatic heterocycles. The lowest BCUT2D eigenvalue weighted by Crippen LogP contribution is -2.06. The molecule has 0 saturated carbocycles. The third-order valence-corrected chi connectivity index (χ3v) is 2.21. The van der Waals surface area contributed by atoms with Gasteiger partial charge in [0, 0.05) is 0 Å². The molecule has 0 atom stereocenters. The summed E-state index contributed by atoms with van der Waals surface area (Å²) in [5, 5.41) is 5.86.